The summed E-state index contributed by atoms with van der Waals surface area (Å²) in [6.45, 7) is 5.35. The summed E-state index contributed by atoms with van der Waals surface area (Å²) >= 11 is 0. The molecule has 0 spiro atoms. The lowest BCUT2D eigenvalue weighted by Gasteiger charge is -2.26. The molecule has 0 radical (unpaired) electrons. The zero-order valence-electron chi connectivity index (χ0n) is 9.17. The Morgan fingerprint density at radius 2 is 2.07 bits per heavy atom. The van der Waals surface area contributed by atoms with Crippen molar-refractivity contribution in [2.75, 3.05) is 13.1 Å². The fourth-order valence-electron chi connectivity index (χ4n) is 2.34. The van der Waals surface area contributed by atoms with Gasteiger partial charge in [-0.05, 0) is 12.3 Å². The monoisotopic (exact) mass is 196 g/mol. The SMILES string of the molecule is C=CCNC(CN)CC1CCCCC1. The van der Waals surface area contributed by atoms with Gasteiger partial charge in [0.25, 0.3) is 0 Å². The third-order valence-corrected chi connectivity index (χ3v) is 3.18. The van der Waals surface area contributed by atoms with Crippen LogP contribution in [0.1, 0.15) is 38.5 Å². The Balaban J connectivity index is 2.19. The molecule has 1 unspecified atom stereocenters. The smallest absolute Gasteiger partial charge is 0.0195 e. The molecule has 0 aliphatic heterocycles. The summed E-state index contributed by atoms with van der Waals surface area (Å²) in [4.78, 5) is 0. The molecular weight excluding hydrogens is 172 g/mol. The van der Waals surface area contributed by atoms with E-state index in [-0.39, 0.29) is 0 Å². The largest absolute Gasteiger partial charge is 0.329 e. The van der Waals surface area contributed by atoms with Gasteiger partial charge < -0.3 is 11.1 Å². The van der Waals surface area contributed by atoms with Crippen LogP contribution in [0, 0.1) is 5.92 Å². The molecule has 0 aromatic carbocycles. The third-order valence-electron chi connectivity index (χ3n) is 3.18. The third kappa shape index (κ3) is 4.25. The normalized spacial score (nSPS) is 20.6. The second-order valence-corrected chi connectivity index (χ2v) is 4.37. The van der Waals surface area contributed by atoms with Gasteiger partial charge in [0.15, 0.2) is 0 Å². The standard InChI is InChI=1S/C12H24N2/c1-2-8-14-12(10-13)9-11-6-4-3-5-7-11/h2,11-12,14H,1,3-10,13H2. The minimum atomic E-state index is 0.496. The Morgan fingerprint density at radius 3 is 2.64 bits per heavy atom. The quantitative estimate of drug-likeness (QED) is 0.638. The van der Waals surface area contributed by atoms with Crippen LogP contribution in [0.15, 0.2) is 12.7 Å². The Hall–Kier alpha value is -0.340. The first-order valence-corrected chi connectivity index (χ1v) is 5.91. The van der Waals surface area contributed by atoms with Crippen LogP contribution in [-0.2, 0) is 0 Å². The predicted molar refractivity (Wildman–Crippen MR) is 62.2 cm³/mol. The van der Waals surface area contributed by atoms with Gasteiger partial charge in [-0.15, -0.1) is 6.58 Å². The van der Waals surface area contributed by atoms with Crippen molar-refractivity contribution >= 4 is 0 Å². The van der Waals surface area contributed by atoms with Gasteiger partial charge in [0.2, 0.25) is 0 Å². The summed E-state index contributed by atoms with van der Waals surface area (Å²) in [5.74, 6) is 0.912. The van der Waals surface area contributed by atoms with Gasteiger partial charge in [0, 0.05) is 19.1 Å². The van der Waals surface area contributed by atoms with Crippen molar-refractivity contribution in [1.29, 1.82) is 0 Å². The first-order valence-electron chi connectivity index (χ1n) is 5.91. The van der Waals surface area contributed by atoms with Crippen LogP contribution in [0.3, 0.4) is 0 Å². The maximum Gasteiger partial charge on any atom is 0.0195 e. The van der Waals surface area contributed by atoms with Gasteiger partial charge in [-0.25, -0.2) is 0 Å². The van der Waals surface area contributed by atoms with E-state index in [1.807, 2.05) is 6.08 Å². The van der Waals surface area contributed by atoms with E-state index in [1.165, 1.54) is 38.5 Å². The highest BCUT2D eigenvalue weighted by Crippen LogP contribution is 2.27. The molecule has 2 heteroatoms. The molecule has 0 saturated heterocycles. The van der Waals surface area contributed by atoms with E-state index < -0.39 is 0 Å². The number of rotatable bonds is 6. The molecule has 1 aliphatic rings. The minimum Gasteiger partial charge on any atom is -0.329 e. The van der Waals surface area contributed by atoms with Crippen molar-refractivity contribution in [2.24, 2.45) is 11.7 Å². The van der Waals surface area contributed by atoms with Crippen molar-refractivity contribution in [1.82, 2.24) is 5.32 Å². The van der Waals surface area contributed by atoms with E-state index in [9.17, 15) is 0 Å². The molecule has 1 aliphatic carbocycles. The number of hydrogen-bond donors (Lipinski definition) is 2. The predicted octanol–water partition coefficient (Wildman–Crippen LogP) is 2.06. The molecule has 0 bridgehead atoms. The molecular formula is C12H24N2. The maximum absolute atomic E-state index is 5.73. The van der Waals surface area contributed by atoms with Gasteiger partial charge in [-0.2, -0.15) is 0 Å². The average Bonchev–Trinajstić information content (AvgIpc) is 2.25. The summed E-state index contributed by atoms with van der Waals surface area (Å²) in [5.41, 5.74) is 5.73. The van der Waals surface area contributed by atoms with Gasteiger partial charge in [0.05, 0.1) is 0 Å². The fraction of sp³-hybridized carbons (Fsp3) is 0.833. The number of nitrogens with one attached hydrogen (secondary N) is 1. The van der Waals surface area contributed by atoms with E-state index >= 15 is 0 Å². The summed E-state index contributed by atoms with van der Waals surface area (Å²) < 4.78 is 0. The van der Waals surface area contributed by atoms with Gasteiger partial charge in [0.1, 0.15) is 0 Å². The number of hydrogen-bond acceptors (Lipinski definition) is 2. The van der Waals surface area contributed by atoms with Crippen molar-refractivity contribution in [3.05, 3.63) is 12.7 Å². The van der Waals surface area contributed by atoms with Crippen molar-refractivity contribution in [3.63, 3.8) is 0 Å². The van der Waals surface area contributed by atoms with Gasteiger partial charge in [-0.1, -0.05) is 38.2 Å². The molecule has 1 saturated carbocycles. The topological polar surface area (TPSA) is 38.0 Å². The lowest BCUT2D eigenvalue weighted by Crippen LogP contribution is -2.38. The summed E-state index contributed by atoms with van der Waals surface area (Å²) in [6, 6.07) is 0.496. The summed E-state index contributed by atoms with van der Waals surface area (Å²) in [7, 11) is 0. The van der Waals surface area contributed by atoms with Gasteiger partial charge in [-0.3, -0.25) is 0 Å². The van der Waals surface area contributed by atoms with Crippen LogP contribution < -0.4 is 11.1 Å². The Labute approximate surface area is 87.9 Å². The van der Waals surface area contributed by atoms with Crippen LogP contribution in [-0.4, -0.2) is 19.1 Å². The average molecular weight is 196 g/mol. The fourth-order valence-corrected chi connectivity index (χ4v) is 2.34. The Bertz CT molecular complexity index is 150. The first-order chi connectivity index (χ1) is 6.86. The molecule has 0 heterocycles. The number of nitrogens with two attached hydrogens (primary N) is 1. The molecule has 82 valence electrons. The molecule has 0 aromatic rings. The van der Waals surface area contributed by atoms with Crippen LogP contribution in [0.4, 0.5) is 0 Å². The molecule has 0 aromatic heterocycles. The maximum atomic E-state index is 5.73. The van der Waals surface area contributed by atoms with Gasteiger partial charge >= 0.3 is 0 Å². The minimum absolute atomic E-state index is 0.496. The van der Waals surface area contributed by atoms with Crippen LogP contribution in [0.5, 0.6) is 0 Å². The first kappa shape index (κ1) is 11.7. The Kier molecular flexibility index (Phi) is 5.88. The van der Waals surface area contributed by atoms with Crippen molar-refractivity contribution < 1.29 is 0 Å². The van der Waals surface area contributed by atoms with E-state index in [0.717, 1.165) is 19.0 Å². The van der Waals surface area contributed by atoms with E-state index in [4.69, 9.17) is 5.73 Å². The van der Waals surface area contributed by atoms with Crippen LogP contribution in [0.2, 0.25) is 0 Å². The van der Waals surface area contributed by atoms with E-state index in [2.05, 4.69) is 11.9 Å². The second kappa shape index (κ2) is 7.02. The lowest BCUT2D eigenvalue weighted by molar-refractivity contribution is 0.303. The molecule has 2 nitrogen and oxygen atoms in total. The van der Waals surface area contributed by atoms with Crippen LogP contribution in [0.25, 0.3) is 0 Å². The highest BCUT2D eigenvalue weighted by molar-refractivity contribution is 4.79. The Morgan fingerprint density at radius 1 is 1.36 bits per heavy atom. The summed E-state index contributed by atoms with van der Waals surface area (Å²) in [6.07, 6.45) is 10.3. The zero-order valence-corrected chi connectivity index (χ0v) is 9.17. The second-order valence-electron chi connectivity index (χ2n) is 4.37. The molecule has 1 rings (SSSR count). The van der Waals surface area contributed by atoms with Crippen molar-refractivity contribution in [3.8, 4) is 0 Å². The summed E-state index contributed by atoms with van der Waals surface area (Å²) in [5, 5.41) is 3.42. The molecule has 14 heavy (non-hydrogen) atoms. The molecule has 1 atom stereocenters. The molecule has 1 fully saturated rings. The van der Waals surface area contributed by atoms with E-state index in [1.54, 1.807) is 0 Å². The zero-order chi connectivity index (χ0) is 10.2. The van der Waals surface area contributed by atoms with E-state index in [0.29, 0.717) is 6.04 Å². The van der Waals surface area contributed by atoms with Crippen LogP contribution >= 0.6 is 0 Å². The molecule has 3 N–H and O–H groups in total. The highest BCUT2D eigenvalue weighted by Gasteiger charge is 2.17. The molecule has 0 amide bonds. The lowest BCUT2D eigenvalue weighted by atomic mass is 9.85. The highest BCUT2D eigenvalue weighted by atomic mass is 14.9. The van der Waals surface area contributed by atoms with Crippen molar-refractivity contribution in [2.45, 2.75) is 44.6 Å².